The summed E-state index contributed by atoms with van der Waals surface area (Å²) in [6.07, 6.45) is 1.08. The Kier molecular flexibility index (Phi) is 3.20. The smallest absolute Gasteiger partial charge is 0.323 e. The fourth-order valence-corrected chi connectivity index (χ4v) is 2.31. The summed E-state index contributed by atoms with van der Waals surface area (Å²) in [5, 5.41) is 16.5. The van der Waals surface area contributed by atoms with Gasteiger partial charge in [0, 0.05) is 18.7 Å². The molecule has 1 heterocycles. The van der Waals surface area contributed by atoms with Gasteiger partial charge >= 0.3 is 5.97 Å². The summed E-state index contributed by atoms with van der Waals surface area (Å²) >= 11 is 0. The summed E-state index contributed by atoms with van der Waals surface area (Å²) in [7, 11) is 0. The highest BCUT2D eigenvalue weighted by Gasteiger charge is 2.29. The number of hydrogen-bond donors (Lipinski definition) is 4. The number of fused-ring (bicyclic) bond motifs is 1. The standard InChI is InChI=1S/C13H18N4O2/c1-13(16,11(18)19)7-8-2-3-10-9(6-8)4-5-17(10)12(14)15/h2-3,6H,4-5,7,16H2,1H3,(H3,14,15)(H,18,19). The lowest BCUT2D eigenvalue weighted by molar-refractivity contribution is -0.142. The molecular formula is C13H18N4O2. The summed E-state index contributed by atoms with van der Waals surface area (Å²) in [6.45, 7) is 2.19. The number of rotatable bonds is 3. The van der Waals surface area contributed by atoms with E-state index in [1.807, 2.05) is 18.2 Å². The predicted molar refractivity (Wildman–Crippen MR) is 73.3 cm³/mol. The molecule has 0 saturated heterocycles. The van der Waals surface area contributed by atoms with Crippen LogP contribution in [0, 0.1) is 5.41 Å². The van der Waals surface area contributed by atoms with E-state index >= 15 is 0 Å². The van der Waals surface area contributed by atoms with E-state index in [1.165, 1.54) is 6.92 Å². The molecule has 2 rings (SSSR count). The SMILES string of the molecule is CC(N)(Cc1ccc2c(c1)CCN2C(=N)N)C(=O)O. The van der Waals surface area contributed by atoms with Crippen LogP contribution in [0.3, 0.4) is 0 Å². The van der Waals surface area contributed by atoms with Crippen molar-refractivity contribution in [1.29, 1.82) is 5.41 Å². The third-order valence-electron chi connectivity index (χ3n) is 3.39. The number of hydrogen-bond acceptors (Lipinski definition) is 3. The minimum Gasteiger partial charge on any atom is -0.480 e. The van der Waals surface area contributed by atoms with E-state index < -0.39 is 11.5 Å². The van der Waals surface area contributed by atoms with E-state index in [-0.39, 0.29) is 12.4 Å². The highest BCUT2D eigenvalue weighted by atomic mass is 16.4. The number of nitrogens with zero attached hydrogens (tertiary/aromatic N) is 1. The van der Waals surface area contributed by atoms with Crippen molar-refractivity contribution in [3.05, 3.63) is 29.3 Å². The first-order chi connectivity index (χ1) is 8.81. The number of carboxylic acid groups (broad SMARTS) is 1. The molecule has 19 heavy (non-hydrogen) atoms. The van der Waals surface area contributed by atoms with E-state index in [4.69, 9.17) is 22.0 Å². The Labute approximate surface area is 111 Å². The molecule has 0 amide bonds. The van der Waals surface area contributed by atoms with E-state index in [0.29, 0.717) is 6.54 Å². The number of guanidine groups is 1. The molecule has 1 aliphatic rings. The molecule has 102 valence electrons. The van der Waals surface area contributed by atoms with E-state index in [0.717, 1.165) is 23.2 Å². The lowest BCUT2D eigenvalue weighted by Crippen LogP contribution is -2.46. The first-order valence-electron chi connectivity index (χ1n) is 6.07. The van der Waals surface area contributed by atoms with Crippen LogP contribution >= 0.6 is 0 Å². The van der Waals surface area contributed by atoms with Gasteiger partial charge in [0.2, 0.25) is 0 Å². The molecule has 1 atom stereocenters. The van der Waals surface area contributed by atoms with Gasteiger partial charge in [0.25, 0.3) is 0 Å². The highest BCUT2D eigenvalue weighted by molar-refractivity contribution is 5.94. The van der Waals surface area contributed by atoms with Gasteiger partial charge in [0.1, 0.15) is 5.54 Å². The Bertz CT molecular complexity index is 539. The molecule has 6 heteroatoms. The molecule has 0 bridgehead atoms. The van der Waals surface area contributed by atoms with E-state index in [9.17, 15) is 4.79 Å². The number of nitrogens with two attached hydrogens (primary N) is 2. The predicted octanol–water partition coefficient (Wildman–Crippen LogP) is 0.287. The van der Waals surface area contributed by atoms with Crippen LogP contribution in [0.2, 0.25) is 0 Å². The number of nitrogens with one attached hydrogen (secondary N) is 1. The molecule has 1 aliphatic heterocycles. The van der Waals surface area contributed by atoms with Gasteiger partial charge in [-0.3, -0.25) is 10.2 Å². The average molecular weight is 262 g/mol. The molecule has 0 saturated carbocycles. The van der Waals surface area contributed by atoms with Crippen LogP contribution in [0.4, 0.5) is 5.69 Å². The van der Waals surface area contributed by atoms with Crippen LogP contribution in [-0.4, -0.2) is 29.1 Å². The summed E-state index contributed by atoms with van der Waals surface area (Å²) in [5.41, 5.74) is 12.9. The summed E-state index contributed by atoms with van der Waals surface area (Å²) < 4.78 is 0. The molecule has 0 radical (unpaired) electrons. The average Bonchev–Trinajstić information content (AvgIpc) is 2.71. The maximum Gasteiger partial charge on any atom is 0.323 e. The monoisotopic (exact) mass is 262 g/mol. The van der Waals surface area contributed by atoms with Crippen LogP contribution in [0.25, 0.3) is 0 Å². The van der Waals surface area contributed by atoms with Crippen molar-refractivity contribution in [2.24, 2.45) is 11.5 Å². The Balaban J connectivity index is 2.24. The topological polar surface area (TPSA) is 116 Å². The van der Waals surface area contributed by atoms with Crippen molar-refractivity contribution in [2.45, 2.75) is 25.3 Å². The Hall–Kier alpha value is -2.08. The Morgan fingerprint density at radius 1 is 1.58 bits per heavy atom. The summed E-state index contributed by atoms with van der Waals surface area (Å²) in [6, 6.07) is 5.66. The van der Waals surface area contributed by atoms with Gasteiger partial charge in [0.05, 0.1) is 0 Å². The maximum atomic E-state index is 11.0. The number of carbonyl (C=O) groups is 1. The van der Waals surface area contributed by atoms with Crippen molar-refractivity contribution >= 4 is 17.6 Å². The largest absolute Gasteiger partial charge is 0.480 e. The zero-order valence-electron chi connectivity index (χ0n) is 10.8. The maximum absolute atomic E-state index is 11.0. The van der Waals surface area contributed by atoms with Gasteiger partial charge in [-0.05, 0) is 30.5 Å². The molecule has 1 aromatic rings. The highest BCUT2D eigenvalue weighted by Crippen LogP contribution is 2.29. The molecule has 0 spiro atoms. The number of aliphatic carboxylic acids is 1. The molecule has 0 aromatic heterocycles. The number of carboxylic acids is 1. The third kappa shape index (κ3) is 2.53. The van der Waals surface area contributed by atoms with Crippen molar-refractivity contribution < 1.29 is 9.90 Å². The van der Waals surface area contributed by atoms with Crippen LogP contribution in [0.5, 0.6) is 0 Å². The lowest BCUT2D eigenvalue weighted by atomic mass is 9.93. The van der Waals surface area contributed by atoms with Crippen LogP contribution < -0.4 is 16.4 Å². The summed E-state index contributed by atoms with van der Waals surface area (Å²) in [4.78, 5) is 12.8. The van der Waals surface area contributed by atoms with Crippen molar-refractivity contribution in [2.75, 3.05) is 11.4 Å². The molecule has 0 aliphatic carbocycles. The van der Waals surface area contributed by atoms with Crippen molar-refractivity contribution in [3.8, 4) is 0 Å². The second kappa shape index (κ2) is 4.55. The van der Waals surface area contributed by atoms with Gasteiger partial charge in [0.15, 0.2) is 5.96 Å². The molecule has 1 unspecified atom stereocenters. The Morgan fingerprint density at radius 3 is 2.84 bits per heavy atom. The normalized spacial score (nSPS) is 16.8. The van der Waals surface area contributed by atoms with Crippen molar-refractivity contribution in [1.82, 2.24) is 0 Å². The second-order valence-electron chi connectivity index (χ2n) is 5.15. The van der Waals surface area contributed by atoms with Gasteiger partial charge in [-0.1, -0.05) is 12.1 Å². The van der Waals surface area contributed by atoms with Gasteiger partial charge in [-0.25, -0.2) is 0 Å². The first-order valence-corrected chi connectivity index (χ1v) is 6.07. The van der Waals surface area contributed by atoms with Crippen LogP contribution in [0.15, 0.2) is 18.2 Å². The van der Waals surface area contributed by atoms with Crippen LogP contribution in [-0.2, 0) is 17.6 Å². The molecule has 1 aromatic carbocycles. The molecule has 6 nitrogen and oxygen atoms in total. The molecule has 6 N–H and O–H groups in total. The van der Waals surface area contributed by atoms with E-state index in [2.05, 4.69) is 0 Å². The fraction of sp³-hybridized carbons (Fsp3) is 0.385. The fourth-order valence-electron chi connectivity index (χ4n) is 2.31. The third-order valence-corrected chi connectivity index (χ3v) is 3.39. The van der Waals surface area contributed by atoms with Gasteiger partial charge in [-0.15, -0.1) is 0 Å². The minimum atomic E-state index is -1.27. The van der Waals surface area contributed by atoms with Crippen LogP contribution in [0.1, 0.15) is 18.1 Å². The van der Waals surface area contributed by atoms with E-state index in [1.54, 1.807) is 4.90 Å². The summed E-state index contributed by atoms with van der Waals surface area (Å²) in [5.74, 6) is -0.987. The number of benzene rings is 1. The zero-order chi connectivity index (χ0) is 14.2. The minimum absolute atomic E-state index is 0.0284. The zero-order valence-corrected chi connectivity index (χ0v) is 10.8. The Morgan fingerprint density at radius 2 is 2.26 bits per heavy atom. The molecule has 0 fully saturated rings. The first kappa shape index (κ1) is 13.4. The molecular weight excluding hydrogens is 244 g/mol. The number of anilines is 1. The van der Waals surface area contributed by atoms with Crippen molar-refractivity contribution in [3.63, 3.8) is 0 Å². The quantitative estimate of drug-likeness (QED) is 0.461. The van der Waals surface area contributed by atoms with Gasteiger partial charge in [-0.2, -0.15) is 0 Å². The second-order valence-corrected chi connectivity index (χ2v) is 5.15. The van der Waals surface area contributed by atoms with Gasteiger partial charge < -0.3 is 21.5 Å². The lowest BCUT2D eigenvalue weighted by Gasteiger charge is -2.20.